The van der Waals surface area contributed by atoms with Gasteiger partial charge in [-0.3, -0.25) is 4.79 Å². The zero-order chi connectivity index (χ0) is 19.0. The zero-order valence-corrected chi connectivity index (χ0v) is 18.9. The Labute approximate surface area is 180 Å². The lowest BCUT2D eigenvalue weighted by Crippen LogP contribution is -2.43. The first-order valence-electron chi connectivity index (χ1n) is 8.52. The highest BCUT2D eigenvalue weighted by molar-refractivity contribution is 14.0. The lowest BCUT2D eigenvalue weighted by molar-refractivity contribution is -0.114. The highest BCUT2D eigenvalue weighted by Gasteiger charge is 2.21. The number of nitrogens with zero attached hydrogens (tertiary/aromatic N) is 1. The minimum atomic E-state index is -0.340. The molecule has 0 radical (unpaired) electrons. The van der Waals surface area contributed by atoms with Crippen molar-refractivity contribution in [3.8, 4) is 0 Å². The van der Waals surface area contributed by atoms with Crippen molar-refractivity contribution in [2.45, 2.75) is 26.2 Å². The monoisotopic (exact) mass is 504 g/mol. The minimum Gasteiger partial charge on any atom is -0.357 e. The number of guanidine groups is 1. The lowest BCUT2D eigenvalue weighted by Gasteiger charge is -2.25. The standard InChI is InChI=1S/C19H25FN4OS.HI/c1-4-21-18(23-13-19(2,3)16-6-5-11-26-16)22-12-17(25)24-15-9-7-14(20)8-10-15;/h5-11H,4,12-13H2,1-3H3,(H,24,25)(H2,21,22,23);1H. The zero-order valence-electron chi connectivity index (χ0n) is 15.7. The first-order chi connectivity index (χ1) is 12.4. The van der Waals surface area contributed by atoms with Crippen molar-refractivity contribution in [1.82, 2.24) is 10.6 Å². The number of carbonyl (C=O) groups is 1. The van der Waals surface area contributed by atoms with Crippen LogP contribution in [0.3, 0.4) is 0 Å². The third kappa shape index (κ3) is 7.84. The lowest BCUT2D eigenvalue weighted by atomic mass is 9.91. The van der Waals surface area contributed by atoms with Crippen LogP contribution in [0.5, 0.6) is 0 Å². The molecule has 0 aliphatic heterocycles. The number of hydrogen-bond acceptors (Lipinski definition) is 3. The Morgan fingerprint density at radius 2 is 1.89 bits per heavy atom. The van der Waals surface area contributed by atoms with Gasteiger partial charge >= 0.3 is 0 Å². The second-order valence-corrected chi connectivity index (χ2v) is 7.41. The minimum absolute atomic E-state index is 0. The van der Waals surface area contributed by atoms with Gasteiger partial charge in [0.05, 0.1) is 0 Å². The number of halogens is 2. The molecule has 3 N–H and O–H groups in total. The number of thiophene rings is 1. The van der Waals surface area contributed by atoms with Crippen molar-refractivity contribution in [2.24, 2.45) is 4.99 Å². The molecule has 0 atom stereocenters. The molecule has 0 spiro atoms. The number of hydrogen-bond donors (Lipinski definition) is 3. The summed E-state index contributed by atoms with van der Waals surface area (Å²) in [4.78, 5) is 17.6. The SMILES string of the molecule is CCNC(=NCC(=O)Nc1ccc(F)cc1)NCC(C)(C)c1cccs1.I. The maximum atomic E-state index is 12.9. The predicted molar refractivity (Wildman–Crippen MR) is 122 cm³/mol. The number of amides is 1. The average molecular weight is 504 g/mol. The fraction of sp³-hybridized carbons (Fsp3) is 0.368. The largest absolute Gasteiger partial charge is 0.357 e. The molecule has 1 aromatic carbocycles. The summed E-state index contributed by atoms with van der Waals surface area (Å²) in [5, 5.41) is 11.2. The number of anilines is 1. The summed E-state index contributed by atoms with van der Waals surface area (Å²) in [6, 6.07) is 9.80. The number of benzene rings is 1. The Bertz CT molecular complexity index is 733. The topological polar surface area (TPSA) is 65.5 Å². The van der Waals surface area contributed by atoms with Gasteiger partial charge in [0.25, 0.3) is 0 Å². The van der Waals surface area contributed by atoms with Crippen molar-refractivity contribution in [3.05, 3.63) is 52.5 Å². The molecule has 0 saturated heterocycles. The summed E-state index contributed by atoms with van der Waals surface area (Å²) < 4.78 is 12.9. The molecule has 148 valence electrons. The van der Waals surface area contributed by atoms with Crippen LogP contribution in [0.25, 0.3) is 0 Å². The third-order valence-corrected chi connectivity index (χ3v) is 4.97. The summed E-state index contributed by atoms with van der Waals surface area (Å²) in [6.07, 6.45) is 0. The first-order valence-corrected chi connectivity index (χ1v) is 9.40. The molecule has 5 nitrogen and oxygen atoms in total. The van der Waals surface area contributed by atoms with Crippen LogP contribution >= 0.6 is 35.3 Å². The van der Waals surface area contributed by atoms with Crippen LogP contribution in [0.15, 0.2) is 46.8 Å². The van der Waals surface area contributed by atoms with Crippen LogP contribution in [-0.4, -0.2) is 31.5 Å². The predicted octanol–water partition coefficient (Wildman–Crippen LogP) is 3.98. The van der Waals surface area contributed by atoms with E-state index in [4.69, 9.17) is 0 Å². The summed E-state index contributed by atoms with van der Waals surface area (Å²) in [5.41, 5.74) is 0.504. The molecule has 0 aliphatic carbocycles. The maximum Gasteiger partial charge on any atom is 0.246 e. The Morgan fingerprint density at radius 1 is 1.19 bits per heavy atom. The molecular weight excluding hydrogens is 478 g/mol. The van der Waals surface area contributed by atoms with E-state index in [0.717, 1.165) is 0 Å². The summed E-state index contributed by atoms with van der Waals surface area (Å²) in [7, 11) is 0. The molecule has 27 heavy (non-hydrogen) atoms. The fourth-order valence-corrected chi connectivity index (χ4v) is 3.13. The average Bonchev–Trinajstić information content (AvgIpc) is 3.15. The van der Waals surface area contributed by atoms with Gasteiger partial charge in [-0.2, -0.15) is 0 Å². The number of nitrogens with one attached hydrogen (secondary N) is 3. The molecule has 8 heteroatoms. The van der Waals surface area contributed by atoms with E-state index in [2.05, 4.69) is 46.2 Å². The molecule has 0 saturated carbocycles. The van der Waals surface area contributed by atoms with Gasteiger partial charge in [-0.05, 0) is 42.6 Å². The van der Waals surface area contributed by atoms with E-state index < -0.39 is 0 Å². The Balaban J connectivity index is 0.00000364. The molecule has 0 aliphatic rings. The van der Waals surface area contributed by atoms with Crippen LogP contribution in [0.1, 0.15) is 25.6 Å². The number of carbonyl (C=O) groups excluding carboxylic acids is 1. The van der Waals surface area contributed by atoms with Gasteiger partial charge < -0.3 is 16.0 Å². The summed E-state index contributed by atoms with van der Waals surface area (Å²) in [6.45, 7) is 7.67. The molecule has 0 unspecified atom stereocenters. The Morgan fingerprint density at radius 3 is 2.48 bits per heavy atom. The molecule has 1 aromatic heterocycles. The van der Waals surface area contributed by atoms with Crippen molar-refractivity contribution in [2.75, 3.05) is 25.0 Å². The fourth-order valence-electron chi connectivity index (χ4n) is 2.28. The highest BCUT2D eigenvalue weighted by Crippen LogP contribution is 2.26. The van der Waals surface area contributed by atoms with Gasteiger partial charge in [-0.15, -0.1) is 35.3 Å². The van der Waals surface area contributed by atoms with E-state index in [1.165, 1.54) is 29.1 Å². The van der Waals surface area contributed by atoms with E-state index in [0.29, 0.717) is 24.7 Å². The van der Waals surface area contributed by atoms with Crippen LogP contribution in [-0.2, 0) is 10.2 Å². The van der Waals surface area contributed by atoms with E-state index in [9.17, 15) is 9.18 Å². The second kappa shape index (κ2) is 11.2. The molecule has 0 bridgehead atoms. The highest BCUT2D eigenvalue weighted by atomic mass is 127. The van der Waals surface area contributed by atoms with Gasteiger partial charge in [0.1, 0.15) is 12.4 Å². The summed E-state index contributed by atoms with van der Waals surface area (Å²) in [5.74, 6) is -0.00859. The second-order valence-electron chi connectivity index (χ2n) is 6.46. The Kier molecular flexibility index (Phi) is 9.71. The molecular formula is C19H26FIN4OS. The maximum absolute atomic E-state index is 12.9. The van der Waals surface area contributed by atoms with E-state index in [1.54, 1.807) is 11.3 Å². The Hall–Kier alpha value is -1.68. The molecule has 1 heterocycles. The van der Waals surface area contributed by atoms with E-state index >= 15 is 0 Å². The van der Waals surface area contributed by atoms with Crippen molar-refractivity contribution in [1.29, 1.82) is 0 Å². The van der Waals surface area contributed by atoms with Gasteiger partial charge in [0, 0.05) is 29.1 Å². The normalized spacial score (nSPS) is 11.5. The number of aliphatic imine (C=N–C) groups is 1. The van der Waals surface area contributed by atoms with Gasteiger partial charge in [0.2, 0.25) is 5.91 Å². The third-order valence-electron chi connectivity index (χ3n) is 3.74. The van der Waals surface area contributed by atoms with E-state index in [-0.39, 0.29) is 47.7 Å². The van der Waals surface area contributed by atoms with Crippen molar-refractivity contribution in [3.63, 3.8) is 0 Å². The van der Waals surface area contributed by atoms with Gasteiger partial charge in [-0.1, -0.05) is 19.9 Å². The molecule has 2 rings (SSSR count). The molecule has 1 amide bonds. The van der Waals surface area contributed by atoms with Gasteiger partial charge in [-0.25, -0.2) is 9.38 Å². The smallest absolute Gasteiger partial charge is 0.246 e. The van der Waals surface area contributed by atoms with Crippen LogP contribution in [0, 0.1) is 5.82 Å². The van der Waals surface area contributed by atoms with Crippen LogP contribution in [0.2, 0.25) is 0 Å². The number of rotatable bonds is 7. The molecule has 2 aromatic rings. The van der Waals surface area contributed by atoms with E-state index in [1.807, 2.05) is 13.0 Å². The van der Waals surface area contributed by atoms with Gasteiger partial charge in [0.15, 0.2) is 5.96 Å². The summed E-state index contributed by atoms with van der Waals surface area (Å²) >= 11 is 1.72. The van der Waals surface area contributed by atoms with Crippen LogP contribution < -0.4 is 16.0 Å². The first kappa shape index (κ1) is 23.4. The molecule has 0 fully saturated rings. The van der Waals surface area contributed by atoms with Crippen molar-refractivity contribution < 1.29 is 9.18 Å². The van der Waals surface area contributed by atoms with Crippen LogP contribution in [0.4, 0.5) is 10.1 Å². The van der Waals surface area contributed by atoms with Crippen molar-refractivity contribution >= 4 is 52.9 Å². The quantitative estimate of drug-likeness (QED) is 0.304.